The van der Waals surface area contributed by atoms with Gasteiger partial charge >= 0.3 is 0 Å². The van der Waals surface area contributed by atoms with Crippen molar-refractivity contribution in [1.82, 2.24) is 4.72 Å². The van der Waals surface area contributed by atoms with Crippen LogP contribution in [0, 0.1) is 13.8 Å². The average molecular weight is 439 g/mol. The molecule has 0 aromatic heterocycles. The zero-order valence-corrected chi connectivity index (χ0v) is 18.6. The minimum Gasteiger partial charge on any atom is -0.497 e. The number of amides is 1. The molecule has 3 aromatic rings. The van der Waals surface area contributed by atoms with Gasteiger partial charge in [0.05, 0.1) is 12.0 Å². The molecule has 3 aromatic carbocycles. The largest absolute Gasteiger partial charge is 0.497 e. The van der Waals surface area contributed by atoms with E-state index in [1.165, 1.54) is 19.2 Å². The third-order valence-corrected chi connectivity index (χ3v) is 6.40. The molecule has 0 heterocycles. The predicted octanol–water partition coefficient (Wildman–Crippen LogP) is 3.84. The highest BCUT2D eigenvalue weighted by Crippen LogP contribution is 2.19. The molecule has 0 spiro atoms. The summed E-state index contributed by atoms with van der Waals surface area (Å²) in [5.74, 6) is 0.127. The zero-order chi connectivity index (χ0) is 22.4. The molecule has 0 aliphatic carbocycles. The Morgan fingerprint density at radius 2 is 1.65 bits per heavy atom. The second-order valence-electron chi connectivity index (χ2n) is 7.35. The summed E-state index contributed by atoms with van der Waals surface area (Å²) >= 11 is 0. The maximum atomic E-state index is 13.1. The molecule has 6 nitrogen and oxygen atoms in total. The van der Waals surface area contributed by atoms with E-state index >= 15 is 0 Å². The van der Waals surface area contributed by atoms with Gasteiger partial charge < -0.3 is 10.1 Å². The number of benzene rings is 3. The summed E-state index contributed by atoms with van der Waals surface area (Å²) < 4.78 is 33.6. The number of rotatable bonds is 8. The quantitative estimate of drug-likeness (QED) is 0.560. The molecule has 162 valence electrons. The van der Waals surface area contributed by atoms with E-state index < -0.39 is 22.0 Å². The Bertz CT molecular complexity index is 1140. The minimum atomic E-state index is -3.93. The van der Waals surface area contributed by atoms with Crippen molar-refractivity contribution in [2.24, 2.45) is 0 Å². The van der Waals surface area contributed by atoms with Crippen molar-refractivity contribution >= 4 is 21.6 Å². The Hall–Kier alpha value is -3.16. The highest BCUT2D eigenvalue weighted by atomic mass is 32.2. The molecule has 0 saturated carbocycles. The normalized spacial score (nSPS) is 12.2. The molecule has 0 bridgehead atoms. The fourth-order valence-corrected chi connectivity index (χ4v) is 4.33. The molecule has 3 rings (SSSR count). The molecule has 0 fully saturated rings. The third kappa shape index (κ3) is 5.93. The van der Waals surface area contributed by atoms with Gasteiger partial charge in [-0.25, -0.2) is 8.42 Å². The number of ether oxygens (including phenoxy) is 1. The second kappa shape index (κ2) is 9.76. The Labute approximate surface area is 183 Å². The molecule has 0 aliphatic rings. The smallest absolute Gasteiger partial charge is 0.242 e. The molecule has 0 aliphatic heterocycles. The van der Waals surface area contributed by atoms with Gasteiger partial charge in [0.25, 0.3) is 0 Å². The number of aryl methyl sites for hydroxylation is 2. The third-order valence-electron chi connectivity index (χ3n) is 4.92. The maximum absolute atomic E-state index is 13.1. The van der Waals surface area contributed by atoms with Crippen LogP contribution in [0.2, 0.25) is 0 Å². The minimum absolute atomic E-state index is 0.0610. The lowest BCUT2D eigenvalue weighted by Crippen LogP contribution is -2.45. The van der Waals surface area contributed by atoms with E-state index in [0.29, 0.717) is 11.4 Å². The first kappa shape index (κ1) is 22.5. The van der Waals surface area contributed by atoms with Gasteiger partial charge in [-0.2, -0.15) is 4.72 Å². The van der Waals surface area contributed by atoms with Gasteiger partial charge in [-0.05, 0) is 67.3 Å². The summed E-state index contributed by atoms with van der Waals surface area (Å²) in [4.78, 5) is 13.2. The SMILES string of the molecule is COc1ccc(S(=O)(=O)NC(Cc2ccccc2)C(=O)Nc2cc(C)ccc2C)cc1. The molecular formula is C24H26N2O4S. The van der Waals surface area contributed by atoms with Crippen molar-refractivity contribution in [1.29, 1.82) is 0 Å². The number of anilines is 1. The van der Waals surface area contributed by atoms with Gasteiger partial charge in [0.2, 0.25) is 15.9 Å². The van der Waals surface area contributed by atoms with Gasteiger partial charge in [-0.1, -0.05) is 42.5 Å². The zero-order valence-electron chi connectivity index (χ0n) is 17.8. The van der Waals surface area contributed by atoms with Gasteiger partial charge in [0.1, 0.15) is 11.8 Å². The maximum Gasteiger partial charge on any atom is 0.242 e. The molecule has 1 unspecified atom stereocenters. The lowest BCUT2D eigenvalue weighted by Gasteiger charge is -2.20. The number of carbonyl (C=O) groups is 1. The summed E-state index contributed by atoms with van der Waals surface area (Å²) in [6.45, 7) is 3.83. The van der Waals surface area contributed by atoms with E-state index in [1.807, 2.05) is 62.4 Å². The number of carbonyl (C=O) groups excluding carboxylic acids is 1. The van der Waals surface area contributed by atoms with Crippen LogP contribution in [0.3, 0.4) is 0 Å². The molecule has 31 heavy (non-hydrogen) atoms. The van der Waals surface area contributed by atoms with Gasteiger partial charge in [0, 0.05) is 5.69 Å². The van der Waals surface area contributed by atoms with Crippen LogP contribution in [0.4, 0.5) is 5.69 Å². The van der Waals surface area contributed by atoms with Crippen LogP contribution in [-0.4, -0.2) is 27.5 Å². The van der Waals surface area contributed by atoms with Gasteiger partial charge in [0.15, 0.2) is 0 Å². The van der Waals surface area contributed by atoms with E-state index in [0.717, 1.165) is 16.7 Å². The molecule has 1 atom stereocenters. The van der Waals surface area contributed by atoms with Crippen molar-refractivity contribution in [2.45, 2.75) is 31.2 Å². The highest BCUT2D eigenvalue weighted by molar-refractivity contribution is 7.89. The van der Waals surface area contributed by atoms with E-state index in [9.17, 15) is 13.2 Å². The van der Waals surface area contributed by atoms with Crippen molar-refractivity contribution < 1.29 is 17.9 Å². The van der Waals surface area contributed by atoms with E-state index in [2.05, 4.69) is 10.0 Å². The number of nitrogens with one attached hydrogen (secondary N) is 2. The summed E-state index contributed by atoms with van der Waals surface area (Å²) in [7, 11) is -2.42. The summed E-state index contributed by atoms with van der Waals surface area (Å²) in [6, 6.07) is 20.1. The van der Waals surface area contributed by atoms with Crippen LogP contribution < -0.4 is 14.8 Å². The standard InChI is InChI=1S/C24H26N2O4S/c1-17-9-10-18(2)22(15-17)25-24(27)23(16-19-7-5-4-6-8-19)26-31(28,29)21-13-11-20(30-3)12-14-21/h4-15,23,26H,16H2,1-3H3,(H,25,27). The van der Waals surface area contributed by atoms with Crippen LogP contribution in [0.1, 0.15) is 16.7 Å². The van der Waals surface area contributed by atoms with Gasteiger partial charge in [-0.15, -0.1) is 0 Å². The Morgan fingerprint density at radius 3 is 2.29 bits per heavy atom. The van der Waals surface area contributed by atoms with E-state index in [1.54, 1.807) is 12.1 Å². The molecular weight excluding hydrogens is 412 g/mol. The van der Waals surface area contributed by atoms with Crippen molar-refractivity contribution in [2.75, 3.05) is 12.4 Å². The molecule has 1 amide bonds. The van der Waals surface area contributed by atoms with Gasteiger partial charge in [-0.3, -0.25) is 4.79 Å². The first-order chi connectivity index (χ1) is 14.8. The van der Waals surface area contributed by atoms with Crippen molar-refractivity contribution in [3.63, 3.8) is 0 Å². The number of hydrogen-bond donors (Lipinski definition) is 2. The van der Waals surface area contributed by atoms with Crippen molar-refractivity contribution in [3.8, 4) is 5.75 Å². The Morgan fingerprint density at radius 1 is 0.968 bits per heavy atom. The first-order valence-electron chi connectivity index (χ1n) is 9.87. The molecule has 0 radical (unpaired) electrons. The Balaban J connectivity index is 1.88. The highest BCUT2D eigenvalue weighted by Gasteiger charge is 2.26. The summed E-state index contributed by atoms with van der Waals surface area (Å²) in [6.07, 6.45) is 0.215. The summed E-state index contributed by atoms with van der Waals surface area (Å²) in [5, 5.41) is 2.88. The van der Waals surface area contributed by atoms with Crippen LogP contribution >= 0.6 is 0 Å². The van der Waals surface area contributed by atoms with Crippen molar-refractivity contribution in [3.05, 3.63) is 89.5 Å². The molecule has 7 heteroatoms. The molecule has 2 N–H and O–H groups in total. The average Bonchev–Trinajstić information content (AvgIpc) is 2.76. The number of hydrogen-bond acceptors (Lipinski definition) is 4. The Kier molecular flexibility index (Phi) is 7.09. The lowest BCUT2D eigenvalue weighted by atomic mass is 10.1. The topological polar surface area (TPSA) is 84.5 Å². The number of methoxy groups -OCH3 is 1. The van der Waals surface area contributed by atoms with Crippen LogP contribution in [0.5, 0.6) is 5.75 Å². The van der Waals surface area contributed by atoms with Crippen LogP contribution in [0.15, 0.2) is 77.7 Å². The lowest BCUT2D eigenvalue weighted by molar-refractivity contribution is -0.117. The number of sulfonamides is 1. The monoisotopic (exact) mass is 438 g/mol. The van der Waals surface area contributed by atoms with E-state index in [4.69, 9.17) is 4.74 Å². The summed E-state index contributed by atoms with van der Waals surface area (Å²) in [5.41, 5.74) is 3.41. The van der Waals surface area contributed by atoms with E-state index in [-0.39, 0.29) is 11.3 Å². The fraction of sp³-hybridized carbons (Fsp3) is 0.208. The first-order valence-corrected chi connectivity index (χ1v) is 11.4. The fourth-order valence-electron chi connectivity index (χ4n) is 3.14. The van der Waals surface area contributed by atoms with Crippen LogP contribution in [-0.2, 0) is 21.2 Å². The molecule has 0 saturated heterocycles. The second-order valence-corrected chi connectivity index (χ2v) is 9.06. The predicted molar refractivity (Wildman–Crippen MR) is 122 cm³/mol. The van der Waals surface area contributed by atoms with Crippen LogP contribution in [0.25, 0.3) is 0 Å².